The molecule has 3 rings (SSSR count). The Morgan fingerprint density at radius 3 is 2.68 bits per heavy atom. The maximum atomic E-state index is 12.9. The number of hydrogen-bond acceptors (Lipinski definition) is 3. The standard InChI is InChI=1S/C19H23FN4O/c1-13-16(12-22-24(13)3)19-17(11-18(25)23(19)2)21-10-4-5-14-6-8-15(20)9-7-14/h4-9,12,17,19,21H,10-11H2,1-3H3/b5-4+/t17-,19+/m1/s1. The molecule has 2 heterocycles. The average Bonchev–Trinajstić information content (AvgIpc) is 3.06. The topological polar surface area (TPSA) is 50.2 Å². The Kier molecular flexibility index (Phi) is 4.99. The summed E-state index contributed by atoms with van der Waals surface area (Å²) in [5.41, 5.74) is 3.10. The fourth-order valence-corrected chi connectivity index (χ4v) is 3.27. The van der Waals surface area contributed by atoms with Crippen molar-refractivity contribution in [2.24, 2.45) is 7.05 Å². The Morgan fingerprint density at radius 1 is 1.32 bits per heavy atom. The lowest BCUT2D eigenvalue weighted by molar-refractivity contribution is -0.127. The van der Waals surface area contributed by atoms with E-state index in [1.807, 2.05) is 44.0 Å². The minimum atomic E-state index is -0.238. The number of carbonyl (C=O) groups excluding carboxylic acids is 1. The number of halogens is 1. The van der Waals surface area contributed by atoms with Crippen molar-refractivity contribution >= 4 is 12.0 Å². The molecule has 1 amide bonds. The highest BCUT2D eigenvalue weighted by Gasteiger charge is 2.39. The van der Waals surface area contributed by atoms with Crippen molar-refractivity contribution in [3.05, 3.63) is 59.2 Å². The molecule has 1 aromatic heterocycles. The molecule has 5 nitrogen and oxygen atoms in total. The summed E-state index contributed by atoms with van der Waals surface area (Å²) in [7, 11) is 3.75. The van der Waals surface area contributed by atoms with Crippen LogP contribution in [0.1, 0.15) is 29.3 Å². The van der Waals surface area contributed by atoms with Gasteiger partial charge < -0.3 is 10.2 Å². The molecule has 0 aliphatic carbocycles. The molecule has 0 saturated carbocycles. The Balaban J connectivity index is 1.67. The highest BCUT2D eigenvalue weighted by Crippen LogP contribution is 2.33. The first-order valence-corrected chi connectivity index (χ1v) is 8.37. The molecule has 1 aromatic carbocycles. The predicted octanol–water partition coefficient (Wildman–Crippen LogP) is 2.44. The number of hydrogen-bond donors (Lipinski definition) is 1. The SMILES string of the molecule is Cc1c([C@H]2[C@H](NC/C=C/c3ccc(F)cc3)CC(=O)N2C)cnn1C. The van der Waals surface area contributed by atoms with Crippen molar-refractivity contribution < 1.29 is 9.18 Å². The van der Waals surface area contributed by atoms with Crippen LogP contribution in [0.2, 0.25) is 0 Å². The van der Waals surface area contributed by atoms with E-state index in [1.165, 1.54) is 12.1 Å². The first-order valence-electron chi connectivity index (χ1n) is 8.37. The number of aromatic nitrogens is 2. The van der Waals surface area contributed by atoms with Crippen molar-refractivity contribution in [2.75, 3.05) is 13.6 Å². The number of likely N-dealkylation sites (tertiary alicyclic amines) is 1. The smallest absolute Gasteiger partial charge is 0.224 e. The maximum absolute atomic E-state index is 12.9. The second-order valence-corrected chi connectivity index (χ2v) is 6.43. The highest BCUT2D eigenvalue weighted by atomic mass is 19.1. The number of amides is 1. The van der Waals surface area contributed by atoms with Crippen LogP contribution in [0.5, 0.6) is 0 Å². The van der Waals surface area contributed by atoms with Crippen molar-refractivity contribution in [1.29, 1.82) is 0 Å². The molecule has 1 N–H and O–H groups in total. The van der Waals surface area contributed by atoms with Crippen LogP contribution in [0.4, 0.5) is 4.39 Å². The Hall–Kier alpha value is -2.47. The van der Waals surface area contributed by atoms with Gasteiger partial charge in [0.25, 0.3) is 0 Å². The molecule has 1 fully saturated rings. The summed E-state index contributed by atoms with van der Waals surface area (Å²) in [4.78, 5) is 14.0. The molecular weight excluding hydrogens is 319 g/mol. The molecule has 25 heavy (non-hydrogen) atoms. The summed E-state index contributed by atoms with van der Waals surface area (Å²) in [6.07, 6.45) is 6.25. The zero-order valence-corrected chi connectivity index (χ0v) is 14.7. The zero-order chi connectivity index (χ0) is 18.0. The summed E-state index contributed by atoms with van der Waals surface area (Å²) >= 11 is 0. The van der Waals surface area contributed by atoms with Gasteiger partial charge in [-0.15, -0.1) is 0 Å². The van der Waals surface area contributed by atoms with Crippen molar-refractivity contribution in [1.82, 2.24) is 20.0 Å². The van der Waals surface area contributed by atoms with Crippen LogP contribution in [-0.2, 0) is 11.8 Å². The van der Waals surface area contributed by atoms with Crippen molar-refractivity contribution in [3.8, 4) is 0 Å². The molecule has 2 atom stereocenters. The minimum Gasteiger partial charge on any atom is -0.337 e. The Morgan fingerprint density at radius 2 is 2.04 bits per heavy atom. The average molecular weight is 342 g/mol. The number of benzene rings is 1. The molecule has 1 aliphatic rings. The third-order valence-corrected chi connectivity index (χ3v) is 4.86. The van der Waals surface area contributed by atoms with E-state index in [2.05, 4.69) is 10.4 Å². The molecule has 1 aliphatic heterocycles. The molecule has 0 unspecified atom stereocenters. The molecule has 132 valence electrons. The van der Waals surface area contributed by atoms with Gasteiger partial charge in [0.1, 0.15) is 5.82 Å². The van der Waals surface area contributed by atoms with Crippen molar-refractivity contribution in [3.63, 3.8) is 0 Å². The van der Waals surface area contributed by atoms with Crippen molar-refractivity contribution in [2.45, 2.75) is 25.4 Å². The van der Waals surface area contributed by atoms with Gasteiger partial charge in [-0.25, -0.2) is 4.39 Å². The Bertz CT molecular complexity index is 781. The molecule has 6 heteroatoms. The first-order chi connectivity index (χ1) is 12.0. The maximum Gasteiger partial charge on any atom is 0.224 e. The zero-order valence-electron chi connectivity index (χ0n) is 14.7. The molecular formula is C19H23FN4O. The van der Waals surface area contributed by atoms with E-state index in [-0.39, 0.29) is 23.8 Å². The van der Waals surface area contributed by atoms with Gasteiger partial charge in [0.05, 0.1) is 12.2 Å². The fourth-order valence-electron chi connectivity index (χ4n) is 3.27. The van der Waals surface area contributed by atoms with E-state index in [1.54, 1.807) is 17.0 Å². The summed E-state index contributed by atoms with van der Waals surface area (Å²) in [5.74, 6) is -0.106. The van der Waals surface area contributed by atoms with E-state index >= 15 is 0 Å². The van der Waals surface area contributed by atoms with E-state index < -0.39 is 0 Å². The van der Waals surface area contributed by atoms with Crippen LogP contribution in [0.15, 0.2) is 36.5 Å². The predicted molar refractivity (Wildman–Crippen MR) is 95.3 cm³/mol. The molecule has 1 saturated heterocycles. The number of rotatable bonds is 5. The second kappa shape index (κ2) is 7.19. The van der Waals surface area contributed by atoms with E-state index in [9.17, 15) is 9.18 Å². The van der Waals surface area contributed by atoms with Gasteiger partial charge in [-0.1, -0.05) is 24.3 Å². The lowest BCUT2D eigenvalue weighted by Gasteiger charge is -2.25. The van der Waals surface area contributed by atoms with Crippen LogP contribution in [0, 0.1) is 12.7 Å². The van der Waals surface area contributed by atoms with Gasteiger partial charge in [-0.2, -0.15) is 5.10 Å². The quantitative estimate of drug-likeness (QED) is 0.908. The van der Waals surface area contributed by atoms with E-state index in [0.29, 0.717) is 13.0 Å². The molecule has 0 radical (unpaired) electrons. The summed E-state index contributed by atoms with van der Waals surface area (Å²) < 4.78 is 14.7. The van der Waals surface area contributed by atoms with E-state index in [4.69, 9.17) is 0 Å². The number of aryl methyl sites for hydroxylation is 1. The molecule has 2 aromatic rings. The van der Waals surface area contributed by atoms with Gasteiger partial charge in [0.15, 0.2) is 0 Å². The Labute approximate surface area is 147 Å². The lowest BCUT2D eigenvalue weighted by Crippen LogP contribution is -2.35. The van der Waals surface area contributed by atoms with Crippen LogP contribution < -0.4 is 5.32 Å². The largest absolute Gasteiger partial charge is 0.337 e. The lowest BCUT2D eigenvalue weighted by atomic mass is 10.0. The minimum absolute atomic E-state index is 0.0135. The summed E-state index contributed by atoms with van der Waals surface area (Å²) in [5, 5.41) is 7.75. The van der Waals surface area contributed by atoms with Crippen LogP contribution in [0.3, 0.4) is 0 Å². The van der Waals surface area contributed by atoms with Gasteiger partial charge in [-0.05, 0) is 24.6 Å². The molecule has 0 spiro atoms. The van der Waals surface area contributed by atoms with E-state index in [0.717, 1.165) is 16.8 Å². The number of likely N-dealkylation sites (N-methyl/N-ethyl adjacent to an activating group) is 1. The monoisotopic (exact) mass is 342 g/mol. The molecule has 0 bridgehead atoms. The fraction of sp³-hybridized carbons (Fsp3) is 0.368. The number of carbonyl (C=O) groups is 1. The van der Waals surface area contributed by atoms with Gasteiger partial charge in [0.2, 0.25) is 5.91 Å². The van der Waals surface area contributed by atoms with Crippen LogP contribution in [-0.4, -0.2) is 40.2 Å². The summed E-state index contributed by atoms with van der Waals surface area (Å²) in [6, 6.07) is 6.39. The number of nitrogens with zero attached hydrogens (tertiary/aromatic N) is 3. The van der Waals surface area contributed by atoms with Gasteiger partial charge in [-0.3, -0.25) is 9.48 Å². The van der Waals surface area contributed by atoms with Gasteiger partial charge in [0, 0.05) is 44.4 Å². The second-order valence-electron chi connectivity index (χ2n) is 6.43. The third-order valence-electron chi connectivity index (χ3n) is 4.86. The van der Waals surface area contributed by atoms with Crippen LogP contribution >= 0.6 is 0 Å². The third kappa shape index (κ3) is 3.64. The first kappa shape index (κ1) is 17.4. The number of nitrogens with one attached hydrogen (secondary N) is 1. The normalized spacial score (nSPS) is 20.8. The summed E-state index contributed by atoms with van der Waals surface area (Å²) in [6.45, 7) is 2.66. The van der Waals surface area contributed by atoms with Crippen LogP contribution in [0.25, 0.3) is 6.08 Å². The van der Waals surface area contributed by atoms with Gasteiger partial charge >= 0.3 is 0 Å². The highest BCUT2D eigenvalue weighted by molar-refractivity contribution is 5.80.